The largest absolute Gasteiger partial charge is 0.325 e. The molecule has 0 spiro atoms. The first-order valence-corrected chi connectivity index (χ1v) is 5.96. The van der Waals surface area contributed by atoms with E-state index >= 15 is 0 Å². The lowest BCUT2D eigenvalue weighted by Crippen LogP contribution is -2.20. The van der Waals surface area contributed by atoms with Crippen molar-refractivity contribution in [1.82, 2.24) is 0 Å². The molecule has 1 N–H and O–H groups in total. The Hall–Kier alpha value is -0.540. The number of amides is 1. The van der Waals surface area contributed by atoms with Crippen LogP contribution >= 0.6 is 27.5 Å². The van der Waals surface area contributed by atoms with E-state index in [0.29, 0.717) is 6.42 Å². The van der Waals surface area contributed by atoms with Gasteiger partial charge in [-0.15, -0.1) is 0 Å². The third-order valence-electron chi connectivity index (χ3n) is 2.83. The lowest BCUT2D eigenvalue weighted by atomic mass is 9.96. The smallest absolute Gasteiger partial charge is 0.224 e. The fraction of sp³-hybridized carbons (Fsp3) is 0.364. The van der Waals surface area contributed by atoms with Crippen molar-refractivity contribution in [2.45, 2.75) is 26.7 Å². The highest BCUT2D eigenvalue weighted by molar-refractivity contribution is 9.10. The Labute approximate surface area is 102 Å². The minimum Gasteiger partial charge on any atom is -0.325 e. The quantitative estimate of drug-likeness (QED) is 0.776. The summed E-state index contributed by atoms with van der Waals surface area (Å²) < 4.78 is 0.904. The summed E-state index contributed by atoms with van der Waals surface area (Å²) in [6.07, 6.45) is 1.31. The predicted molar refractivity (Wildman–Crippen MR) is 65.6 cm³/mol. The van der Waals surface area contributed by atoms with Gasteiger partial charge >= 0.3 is 0 Å². The molecule has 0 atom stereocenters. The highest BCUT2D eigenvalue weighted by Gasteiger charge is 2.22. The molecule has 2 rings (SSSR count). The zero-order valence-electron chi connectivity index (χ0n) is 8.58. The molecule has 1 aromatic carbocycles. The number of hydrogen-bond donors (Lipinski definition) is 1. The van der Waals surface area contributed by atoms with Crippen LogP contribution in [0.2, 0.25) is 5.02 Å². The summed E-state index contributed by atoms with van der Waals surface area (Å²) in [5.74, 6) is 0.0734. The number of fused-ring (bicyclic) bond motifs is 1. The van der Waals surface area contributed by atoms with Crippen LogP contribution in [0.4, 0.5) is 5.69 Å². The lowest BCUT2D eigenvalue weighted by Gasteiger charge is -2.23. The highest BCUT2D eigenvalue weighted by atomic mass is 79.9. The SMILES string of the molecule is Cc1c(Cl)c(C)c2c(c1Br)NC(=O)CC2. The predicted octanol–water partition coefficient (Wildman–Crippen LogP) is 3.60. The maximum atomic E-state index is 11.3. The monoisotopic (exact) mass is 287 g/mol. The van der Waals surface area contributed by atoms with Crippen molar-refractivity contribution in [3.05, 3.63) is 26.2 Å². The molecule has 1 aliphatic heterocycles. The summed E-state index contributed by atoms with van der Waals surface area (Å²) in [4.78, 5) is 11.3. The number of nitrogens with one attached hydrogen (secondary N) is 1. The first-order chi connectivity index (χ1) is 7.02. The number of halogens is 2. The second-order valence-corrected chi connectivity index (χ2v) is 4.95. The molecule has 1 aliphatic rings. The molecule has 0 unspecified atom stereocenters. The van der Waals surface area contributed by atoms with Crippen molar-refractivity contribution in [3.63, 3.8) is 0 Å². The minimum atomic E-state index is 0.0734. The third-order valence-corrected chi connectivity index (χ3v) is 4.39. The molecule has 15 heavy (non-hydrogen) atoms. The molecule has 0 saturated heterocycles. The van der Waals surface area contributed by atoms with Gasteiger partial charge in [-0.1, -0.05) is 11.6 Å². The van der Waals surface area contributed by atoms with E-state index in [0.717, 1.165) is 38.3 Å². The van der Waals surface area contributed by atoms with E-state index in [1.165, 1.54) is 0 Å². The molecule has 4 heteroatoms. The van der Waals surface area contributed by atoms with Crippen LogP contribution in [0.1, 0.15) is 23.1 Å². The Balaban J connectivity index is 2.70. The normalized spacial score (nSPS) is 14.8. The van der Waals surface area contributed by atoms with Crippen LogP contribution in [0.15, 0.2) is 4.47 Å². The summed E-state index contributed by atoms with van der Waals surface area (Å²) in [5.41, 5.74) is 4.10. The van der Waals surface area contributed by atoms with Gasteiger partial charge in [0, 0.05) is 15.9 Å². The molecule has 80 valence electrons. The second-order valence-electron chi connectivity index (χ2n) is 3.78. The number of anilines is 1. The van der Waals surface area contributed by atoms with E-state index in [9.17, 15) is 4.79 Å². The molecule has 0 aromatic heterocycles. The zero-order valence-corrected chi connectivity index (χ0v) is 10.9. The molecular formula is C11H11BrClNO. The first kappa shape index (κ1) is 11.0. The van der Waals surface area contributed by atoms with Gasteiger partial charge in [-0.2, -0.15) is 0 Å². The van der Waals surface area contributed by atoms with E-state index < -0.39 is 0 Å². The van der Waals surface area contributed by atoms with Crippen LogP contribution < -0.4 is 5.32 Å². The van der Waals surface area contributed by atoms with Gasteiger partial charge in [0.05, 0.1) is 5.69 Å². The number of carbonyl (C=O) groups is 1. The molecule has 1 amide bonds. The van der Waals surface area contributed by atoms with E-state index in [1.54, 1.807) is 0 Å². The van der Waals surface area contributed by atoms with Crippen LogP contribution in [0.3, 0.4) is 0 Å². The fourth-order valence-corrected chi connectivity index (χ4v) is 2.76. The minimum absolute atomic E-state index is 0.0734. The van der Waals surface area contributed by atoms with Gasteiger partial charge < -0.3 is 5.32 Å². The van der Waals surface area contributed by atoms with Crippen molar-refractivity contribution in [3.8, 4) is 0 Å². The van der Waals surface area contributed by atoms with Crippen LogP contribution in [0, 0.1) is 13.8 Å². The number of rotatable bonds is 0. The molecule has 0 radical (unpaired) electrons. The summed E-state index contributed by atoms with van der Waals surface area (Å²) in [7, 11) is 0. The summed E-state index contributed by atoms with van der Waals surface area (Å²) in [6, 6.07) is 0. The molecular weight excluding hydrogens is 277 g/mol. The molecule has 0 aliphatic carbocycles. The Bertz CT molecular complexity index is 457. The number of carbonyl (C=O) groups excluding carboxylic acids is 1. The highest BCUT2D eigenvalue weighted by Crippen LogP contribution is 2.40. The van der Waals surface area contributed by atoms with Gasteiger partial charge in [-0.3, -0.25) is 4.79 Å². The van der Waals surface area contributed by atoms with Gasteiger partial charge in [0.25, 0.3) is 0 Å². The van der Waals surface area contributed by atoms with Crippen molar-refractivity contribution in [2.75, 3.05) is 5.32 Å². The summed E-state index contributed by atoms with van der Waals surface area (Å²) in [5, 5.41) is 3.68. The van der Waals surface area contributed by atoms with E-state index in [2.05, 4.69) is 21.2 Å². The lowest BCUT2D eigenvalue weighted by molar-refractivity contribution is -0.116. The summed E-state index contributed by atoms with van der Waals surface area (Å²) >= 11 is 9.69. The standard InChI is InChI=1S/C11H11BrClNO/c1-5-7-3-4-8(15)14-11(7)9(12)6(2)10(5)13/h3-4H2,1-2H3,(H,14,15). The molecule has 1 heterocycles. The van der Waals surface area contributed by atoms with Crippen molar-refractivity contribution < 1.29 is 4.79 Å². The number of hydrogen-bond acceptors (Lipinski definition) is 1. The van der Waals surface area contributed by atoms with Crippen molar-refractivity contribution >= 4 is 39.1 Å². The molecule has 1 aromatic rings. The number of benzene rings is 1. The van der Waals surface area contributed by atoms with Gasteiger partial charge in [-0.05, 0) is 52.9 Å². The Morgan fingerprint density at radius 1 is 1.27 bits per heavy atom. The van der Waals surface area contributed by atoms with Gasteiger partial charge in [0.15, 0.2) is 0 Å². The molecule has 0 fully saturated rings. The maximum absolute atomic E-state index is 11.3. The van der Waals surface area contributed by atoms with Crippen molar-refractivity contribution in [2.24, 2.45) is 0 Å². The third kappa shape index (κ3) is 1.68. The van der Waals surface area contributed by atoms with Crippen LogP contribution in [-0.2, 0) is 11.2 Å². The first-order valence-electron chi connectivity index (χ1n) is 4.79. The van der Waals surface area contributed by atoms with Crippen molar-refractivity contribution in [1.29, 1.82) is 0 Å². The van der Waals surface area contributed by atoms with E-state index in [-0.39, 0.29) is 5.91 Å². The van der Waals surface area contributed by atoms with Crippen LogP contribution in [0.5, 0.6) is 0 Å². The van der Waals surface area contributed by atoms with Crippen LogP contribution in [-0.4, -0.2) is 5.91 Å². The zero-order chi connectivity index (χ0) is 11.2. The molecule has 2 nitrogen and oxygen atoms in total. The van der Waals surface area contributed by atoms with E-state index in [1.807, 2.05) is 13.8 Å². The summed E-state index contributed by atoms with van der Waals surface area (Å²) in [6.45, 7) is 3.94. The van der Waals surface area contributed by atoms with Gasteiger partial charge in [0.1, 0.15) is 0 Å². The van der Waals surface area contributed by atoms with Gasteiger partial charge in [0.2, 0.25) is 5.91 Å². The van der Waals surface area contributed by atoms with Gasteiger partial charge in [-0.25, -0.2) is 0 Å². The second kappa shape index (κ2) is 3.80. The maximum Gasteiger partial charge on any atom is 0.224 e. The molecule has 0 saturated carbocycles. The Morgan fingerprint density at radius 2 is 1.93 bits per heavy atom. The average molecular weight is 289 g/mol. The fourth-order valence-electron chi connectivity index (χ4n) is 1.90. The van der Waals surface area contributed by atoms with E-state index in [4.69, 9.17) is 11.6 Å². The molecule has 0 bridgehead atoms. The Kier molecular flexibility index (Phi) is 2.77. The van der Waals surface area contributed by atoms with Crippen LogP contribution in [0.25, 0.3) is 0 Å². The Morgan fingerprint density at radius 3 is 2.60 bits per heavy atom. The topological polar surface area (TPSA) is 29.1 Å². The average Bonchev–Trinajstić information content (AvgIpc) is 2.23.